The maximum atomic E-state index is 12.4. The lowest BCUT2D eigenvalue weighted by atomic mass is 10.2. The third-order valence-corrected chi connectivity index (χ3v) is 4.18. The van der Waals surface area contributed by atoms with E-state index in [4.69, 9.17) is 4.52 Å². The Hall–Kier alpha value is -4.14. The summed E-state index contributed by atoms with van der Waals surface area (Å²) in [5.41, 5.74) is 2.29. The van der Waals surface area contributed by atoms with Crippen molar-refractivity contribution in [1.82, 2.24) is 24.7 Å². The fraction of sp³-hybridized carbons (Fsp3) is 0.100. The topological polar surface area (TPSA) is 116 Å². The van der Waals surface area contributed by atoms with Gasteiger partial charge in [0.1, 0.15) is 12.2 Å². The summed E-state index contributed by atoms with van der Waals surface area (Å²) in [6.45, 7) is 1.75. The van der Waals surface area contributed by atoms with E-state index in [0.29, 0.717) is 16.9 Å². The third kappa shape index (κ3) is 4.08. The summed E-state index contributed by atoms with van der Waals surface area (Å²) in [6, 6.07) is 10.3. The number of hydrogen-bond acceptors (Lipinski definition) is 7. The summed E-state index contributed by atoms with van der Waals surface area (Å²) in [5.74, 6) is 0.172. The van der Waals surface area contributed by atoms with Crippen LogP contribution in [0.5, 0.6) is 0 Å². The molecule has 1 amide bonds. The number of amides is 1. The van der Waals surface area contributed by atoms with Gasteiger partial charge in [0.25, 0.3) is 11.4 Å². The number of rotatable bonds is 5. The molecule has 0 bridgehead atoms. The van der Waals surface area contributed by atoms with Crippen LogP contribution in [-0.4, -0.2) is 30.6 Å². The Morgan fingerprint density at radius 1 is 1.17 bits per heavy atom. The summed E-state index contributed by atoms with van der Waals surface area (Å²) < 4.78 is 6.56. The quantitative estimate of drug-likeness (QED) is 0.558. The number of anilines is 1. The van der Waals surface area contributed by atoms with E-state index in [2.05, 4.69) is 25.4 Å². The van der Waals surface area contributed by atoms with Gasteiger partial charge < -0.3 is 14.4 Å². The molecule has 4 aromatic rings. The van der Waals surface area contributed by atoms with E-state index in [0.717, 1.165) is 5.56 Å². The molecule has 29 heavy (non-hydrogen) atoms. The van der Waals surface area contributed by atoms with Gasteiger partial charge in [0, 0.05) is 30.3 Å². The van der Waals surface area contributed by atoms with E-state index in [1.165, 1.54) is 29.2 Å². The second kappa shape index (κ2) is 7.85. The largest absolute Gasteiger partial charge is 0.333 e. The zero-order valence-electron chi connectivity index (χ0n) is 15.4. The lowest BCUT2D eigenvalue weighted by Crippen LogP contribution is -2.27. The fourth-order valence-corrected chi connectivity index (χ4v) is 2.70. The highest BCUT2D eigenvalue weighted by Gasteiger charge is 2.14. The van der Waals surface area contributed by atoms with Crippen LogP contribution in [0, 0.1) is 6.92 Å². The van der Waals surface area contributed by atoms with Gasteiger partial charge in [-0.15, -0.1) is 0 Å². The van der Waals surface area contributed by atoms with Crippen molar-refractivity contribution in [1.29, 1.82) is 0 Å². The third-order valence-electron chi connectivity index (χ3n) is 4.18. The smallest absolute Gasteiger partial charge is 0.259 e. The molecule has 1 N–H and O–H groups in total. The van der Waals surface area contributed by atoms with Crippen molar-refractivity contribution in [2.75, 3.05) is 5.32 Å². The van der Waals surface area contributed by atoms with E-state index in [9.17, 15) is 9.59 Å². The van der Waals surface area contributed by atoms with Gasteiger partial charge in [0.2, 0.25) is 11.7 Å². The molecule has 9 nitrogen and oxygen atoms in total. The van der Waals surface area contributed by atoms with Crippen molar-refractivity contribution in [3.63, 3.8) is 0 Å². The minimum atomic E-state index is -0.317. The molecule has 0 radical (unpaired) electrons. The molecule has 3 heterocycles. The lowest BCUT2D eigenvalue weighted by Gasteiger charge is -2.10. The molecule has 0 aliphatic heterocycles. The first kappa shape index (κ1) is 18.2. The second-order valence-corrected chi connectivity index (χ2v) is 6.26. The predicted octanol–water partition coefficient (Wildman–Crippen LogP) is 2.30. The zero-order valence-corrected chi connectivity index (χ0v) is 15.4. The Morgan fingerprint density at radius 2 is 2.03 bits per heavy atom. The van der Waals surface area contributed by atoms with Crippen LogP contribution in [0.2, 0.25) is 0 Å². The number of benzene rings is 1. The number of aryl methyl sites for hydroxylation is 1. The predicted molar refractivity (Wildman–Crippen MR) is 105 cm³/mol. The number of carbonyl (C=O) groups excluding carboxylic acids is 1. The Labute approximate surface area is 165 Å². The van der Waals surface area contributed by atoms with Crippen LogP contribution >= 0.6 is 0 Å². The molecule has 0 atom stereocenters. The van der Waals surface area contributed by atoms with E-state index in [-0.39, 0.29) is 29.7 Å². The Kier molecular flexibility index (Phi) is 4.93. The Bertz CT molecular complexity index is 1220. The van der Waals surface area contributed by atoms with Gasteiger partial charge >= 0.3 is 0 Å². The van der Waals surface area contributed by atoms with Gasteiger partial charge in [-0.2, -0.15) is 4.98 Å². The van der Waals surface area contributed by atoms with Gasteiger partial charge in [-0.05, 0) is 24.6 Å². The first-order chi connectivity index (χ1) is 14.1. The molecule has 3 aromatic heterocycles. The first-order valence-electron chi connectivity index (χ1n) is 8.76. The lowest BCUT2D eigenvalue weighted by molar-refractivity contribution is -0.116. The van der Waals surface area contributed by atoms with Gasteiger partial charge in [-0.25, -0.2) is 4.98 Å². The Balaban J connectivity index is 1.55. The average Bonchev–Trinajstić information content (AvgIpc) is 3.22. The van der Waals surface area contributed by atoms with Crippen LogP contribution in [-0.2, 0) is 11.3 Å². The van der Waals surface area contributed by atoms with Crippen LogP contribution in [0.25, 0.3) is 23.0 Å². The van der Waals surface area contributed by atoms with Crippen molar-refractivity contribution < 1.29 is 9.32 Å². The highest BCUT2D eigenvalue weighted by Crippen LogP contribution is 2.19. The zero-order chi connectivity index (χ0) is 20.2. The maximum absolute atomic E-state index is 12.4. The van der Waals surface area contributed by atoms with Crippen LogP contribution < -0.4 is 10.9 Å². The summed E-state index contributed by atoms with van der Waals surface area (Å²) in [7, 11) is 0. The van der Waals surface area contributed by atoms with Crippen molar-refractivity contribution >= 4 is 11.6 Å². The minimum absolute atomic E-state index is 0.147. The molecule has 1 aromatic carbocycles. The standard InChI is InChI=1S/C20H16N6O3/c1-13-4-2-3-5-15(13)23-17(27)12-26-11-14(6-7-18(26)28)20-24-19(25-29-20)16-10-21-8-9-22-16/h2-11H,12H2,1H3,(H,23,27). The molecular formula is C20H16N6O3. The maximum Gasteiger partial charge on any atom is 0.259 e. The number of nitrogens with one attached hydrogen (secondary N) is 1. The molecule has 0 aliphatic rings. The molecule has 9 heteroatoms. The molecule has 0 unspecified atom stereocenters. The van der Waals surface area contributed by atoms with Crippen molar-refractivity contribution in [2.45, 2.75) is 13.5 Å². The number of pyridine rings is 1. The monoisotopic (exact) mass is 388 g/mol. The van der Waals surface area contributed by atoms with Crippen LogP contribution in [0.3, 0.4) is 0 Å². The first-order valence-corrected chi connectivity index (χ1v) is 8.76. The van der Waals surface area contributed by atoms with Gasteiger partial charge in [-0.3, -0.25) is 14.6 Å². The van der Waals surface area contributed by atoms with Crippen molar-refractivity contribution in [3.8, 4) is 23.0 Å². The fourth-order valence-electron chi connectivity index (χ4n) is 2.70. The molecule has 0 saturated heterocycles. The van der Waals surface area contributed by atoms with Gasteiger partial charge in [0.05, 0.1) is 11.8 Å². The van der Waals surface area contributed by atoms with E-state index in [1.54, 1.807) is 18.3 Å². The number of nitrogens with zero attached hydrogens (tertiary/aromatic N) is 5. The van der Waals surface area contributed by atoms with Crippen LogP contribution in [0.4, 0.5) is 5.69 Å². The molecule has 144 valence electrons. The molecule has 4 rings (SSSR count). The van der Waals surface area contributed by atoms with E-state index >= 15 is 0 Å². The number of para-hydroxylation sites is 1. The second-order valence-electron chi connectivity index (χ2n) is 6.26. The molecule has 0 aliphatic carbocycles. The van der Waals surface area contributed by atoms with Gasteiger partial charge in [0.15, 0.2) is 0 Å². The molecule has 0 saturated carbocycles. The normalized spacial score (nSPS) is 10.7. The summed E-state index contributed by atoms with van der Waals surface area (Å²) in [6.07, 6.45) is 6.10. The van der Waals surface area contributed by atoms with Crippen LogP contribution in [0.1, 0.15) is 5.56 Å². The van der Waals surface area contributed by atoms with E-state index in [1.807, 2.05) is 25.1 Å². The average molecular weight is 388 g/mol. The minimum Gasteiger partial charge on any atom is -0.333 e. The molecule has 0 fully saturated rings. The molecular weight excluding hydrogens is 372 g/mol. The summed E-state index contributed by atoms with van der Waals surface area (Å²) in [5, 5.41) is 6.69. The van der Waals surface area contributed by atoms with Gasteiger partial charge in [-0.1, -0.05) is 23.4 Å². The summed E-state index contributed by atoms with van der Waals surface area (Å²) >= 11 is 0. The number of aromatic nitrogens is 5. The van der Waals surface area contributed by atoms with Crippen molar-refractivity contribution in [3.05, 3.63) is 77.1 Å². The summed E-state index contributed by atoms with van der Waals surface area (Å²) in [4.78, 5) is 36.9. The number of carbonyl (C=O) groups is 1. The highest BCUT2D eigenvalue weighted by atomic mass is 16.5. The SMILES string of the molecule is Cc1ccccc1NC(=O)Cn1cc(-c2nc(-c3cnccn3)no2)ccc1=O. The molecule has 0 spiro atoms. The highest BCUT2D eigenvalue weighted by molar-refractivity contribution is 5.91. The van der Waals surface area contributed by atoms with Crippen molar-refractivity contribution in [2.24, 2.45) is 0 Å². The Morgan fingerprint density at radius 3 is 2.83 bits per heavy atom. The number of hydrogen-bond donors (Lipinski definition) is 1. The van der Waals surface area contributed by atoms with Crippen LogP contribution in [0.15, 0.2) is 70.5 Å². The van der Waals surface area contributed by atoms with E-state index < -0.39 is 0 Å².